The SMILES string of the molecule is O=C(c1ccc(F)cc1)C1CCN(C(=O)CCc2ccc(OCc3ccccc3)cc2OCc2ccccc2)CC1. The first-order valence-electron chi connectivity index (χ1n) is 14.1. The van der Waals surface area contributed by atoms with Crippen LogP contribution in [0.4, 0.5) is 4.39 Å². The van der Waals surface area contributed by atoms with Crippen LogP contribution >= 0.6 is 0 Å². The van der Waals surface area contributed by atoms with Gasteiger partial charge < -0.3 is 14.4 Å². The molecule has 0 spiro atoms. The number of ether oxygens (including phenoxy) is 2. The molecular weight excluding hydrogens is 517 g/mol. The Balaban J connectivity index is 1.18. The average molecular weight is 552 g/mol. The summed E-state index contributed by atoms with van der Waals surface area (Å²) >= 11 is 0. The van der Waals surface area contributed by atoms with E-state index in [9.17, 15) is 14.0 Å². The van der Waals surface area contributed by atoms with Crippen molar-refractivity contribution in [2.75, 3.05) is 13.1 Å². The van der Waals surface area contributed by atoms with Crippen LogP contribution in [0.15, 0.2) is 103 Å². The molecule has 1 amide bonds. The second kappa shape index (κ2) is 13.8. The number of likely N-dealkylation sites (tertiary alicyclic amines) is 1. The first kappa shape index (κ1) is 28.1. The summed E-state index contributed by atoms with van der Waals surface area (Å²) in [6.07, 6.45) is 2.11. The van der Waals surface area contributed by atoms with Crippen LogP contribution in [0.25, 0.3) is 0 Å². The van der Waals surface area contributed by atoms with E-state index in [1.807, 2.05) is 83.8 Å². The molecule has 6 heteroatoms. The van der Waals surface area contributed by atoms with E-state index >= 15 is 0 Å². The number of piperidine rings is 1. The number of nitrogens with zero attached hydrogens (tertiary/aromatic N) is 1. The van der Waals surface area contributed by atoms with E-state index < -0.39 is 0 Å². The summed E-state index contributed by atoms with van der Waals surface area (Å²) < 4.78 is 25.5. The zero-order valence-electron chi connectivity index (χ0n) is 23.0. The van der Waals surface area contributed by atoms with Gasteiger partial charge in [-0.3, -0.25) is 9.59 Å². The zero-order valence-corrected chi connectivity index (χ0v) is 23.0. The summed E-state index contributed by atoms with van der Waals surface area (Å²) in [5, 5.41) is 0. The monoisotopic (exact) mass is 551 g/mol. The maximum atomic E-state index is 13.2. The van der Waals surface area contributed by atoms with Gasteiger partial charge >= 0.3 is 0 Å². The molecule has 0 bridgehead atoms. The number of rotatable bonds is 11. The molecule has 0 aliphatic carbocycles. The number of aryl methyl sites for hydroxylation is 1. The molecular formula is C35H34FNO4. The fraction of sp³-hybridized carbons (Fsp3) is 0.257. The molecule has 4 aromatic rings. The molecule has 210 valence electrons. The molecule has 0 N–H and O–H groups in total. The molecule has 1 saturated heterocycles. The minimum absolute atomic E-state index is 0.0203. The van der Waals surface area contributed by atoms with Crippen LogP contribution in [0.5, 0.6) is 11.5 Å². The Kier molecular flexibility index (Phi) is 9.42. The smallest absolute Gasteiger partial charge is 0.222 e. The highest BCUT2D eigenvalue weighted by molar-refractivity contribution is 5.98. The first-order valence-corrected chi connectivity index (χ1v) is 14.1. The van der Waals surface area contributed by atoms with Gasteiger partial charge in [-0.05, 0) is 66.3 Å². The third-order valence-corrected chi connectivity index (χ3v) is 7.48. The number of amides is 1. The van der Waals surface area contributed by atoms with Gasteiger partial charge in [0.25, 0.3) is 0 Å². The highest BCUT2D eigenvalue weighted by atomic mass is 19.1. The Labute approximate surface area is 240 Å². The minimum atomic E-state index is -0.357. The Morgan fingerprint density at radius 3 is 2.00 bits per heavy atom. The Morgan fingerprint density at radius 1 is 0.756 bits per heavy atom. The molecule has 0 aromatic heterocycles. The number of carbonyl (C=O) groups excluding carboxylic acids is 2. The third-order valence-electron chi connectivity index (χ3n) is 7.48. The molecule has 1 heterocycles. The van der Waals surface area contributed by atoms with Crippen molar-refractivity contribution in [3.8, 4) is 11.5 Å². The van der Waals surface area contributed by atoms with Gasteiger partial charge in [-0.1, -0.05) is 66.7 Å². The van der Waals surface area contributed by atoms with Gasteiger partial charge in [-0.25, -0.2) is 4.39 Å². The summed E-state index contributed by atoms with van der Waals surface area (Å²) in [5.74, 6) is 0.995. The summed E-state index contributed by atoms with van der Waals surface area (Å²) in [6, 6.07) is 31.4. The molecule has 0 radical (unpaired) electrons. The fourth-order valence-electron chi connectivity index (χ4n) is 5.08. The highest BCUT2D eigenvalue weighted by Crippen LogP contribution is 2.29. The molecule has 4 aromatic carbocycles. The van der Waals surface area contributed by atoms with Crippen molar-refractivity contribution in [2.24, 2.45) is 5.92 Å². The molecule has 0 unspecified atom stereocenters. The lowest BCUT2D eigenvalue weighted by Crippen LogP contribution is -2.40. The Morgan fingerprint density at radius 2 is 1.37 bits per heavy atom. The van der Waals surface area contributed by atoms with Crippen molar-refractivity contribution in [3.05, 3.63) is 131 Å². The summed E-state index contributed by atoms with van der Waals surface area (Å²) in [5.41, 5.74) is 3.61. The quantitative estimate of drug-likeness (QED) is 0.188. The van der Waals surface area contributed by atoms with Gasteiger partial charge in [0.1, 0.15) is 30.5 Å². The van der Waals surface area contributed by atoms with Gasteiger partial charge in [-0.15, -0.1) is 0 Å². The Bertz CT molecular complexity index is 1430. The third kappa shape index (κ3) is 7.82. The predicted molar refractivity (Wildman–Crippen MR) is 156 cm³/mol. The first-order chi connectivity index (χ1) is 20.0. The lowest BCUT2D eigenvalue weighted by molar-refractivity contribution is -0.132. The van der Waals surface area contributed by atoms with Crippen LogP contribution < -0.4 is 9.47 Å². The number of Topliss-reactive ketones (excluding diaryl/α,β-unsaturated/α-hetero) is 1. The number of carbonyl (C=O) groups is 2. The average Bonchev–Trinajstić information content (AvgIpc) is 3.03. The van der Waals surface area contributed by atoms with Gasteiger partial charge in [0, 0.05) is 37.1 Å². The van der Waals surface area contributed by atoms with Crippen molar-refractivity contribution in [1.82, 2.24) is 4.90 Å². The lowest BCUT2D eigenvalue weighted by atomic mass is 9.88. The molecule has 5 rings (SSSR count). The second-order valence-electron chi connectivity index (χ2n) is 10.3. The standard InChI is InChI=1S/C35H34FNO4/c36-31-15-11-29(12-16-31)35(39)30-19-21-37(22-20-30)34(38)18-14-28-13-17-32(40-24-26-7-3-1-4-8-26)23-33(28)41-25-27-9-5-2-6-10-27/h1-13,15-17,23,30H,14,18-22,24-25H2. The van der Waals surface area contributed by atoms with E-state index in [2.05, 4.69) is 0 Å². The topological polar surface area (TPSA) is 55.8 Å². The van der Waals surface area contributed by atoms with E-state index in [4.69, 9.17) is 9.47 Å². The largest absolute Gasteiger partial charge is 0.489 e. The van der Waals surface area contributed by atoms with E-state index in [0.717, 1.165) is 16.7 Å². The van der Waals surface area contributed by atoms with E-state index in [1.165, 1.54) is 24.3 Å². The summed E-state index contributed by atoms with van der Waals surface area (Å²) in [7, 11) is 0. The van der Waals surface area contributed by atoms with Crippen molar-refractivity contribution in [1.29, 1.82) is 0 Å². The number of benzene rings is 4. The molecule has 1 fully saturated rings. The van der Waals surface area contributed by atoms with Crippen LogP contribution in [0.3, 0.4) is 0 Å². The van der Waals surface area contributed by atoms with Crippen LogP contribution in [-0.2, 0) is 24.4 Å². The highest BCUT2D eigenvalue weighted by Gasteiger charge is 2.28. The van der Waals surface area contributed by atoms with Gasteiger partial charge in [0.2, 0.25) is 5.91 Å². The number of halogens is 1. The lowest BCUT2D eigenvalue weighted by Gasteiger charge is -2.31. The summed E-state index contributed by atoms with van der Waals surface area (Å²) in [6.45, 7) is 1.95. The number of ketones is 1. The fourth-order valence-corrected chi connectivity index (χ4v) is 5.08. The maximum Gasteiger partial charge on any atom is 0.222 e. The molecule has 5 nitrogen and oxygen atoms in total. The van der Waals surface area contributed by atoms with Crippen LogP contribution in [0.2, 0.25) is 0 Å². The van der Waals surface area contributed by atoms with E-state index in [0.29, 0.717) is 69.0 Å². The van der Waals surface area contributed by atoms with Crippen molar-refractivity contribution < 1.29 is 23.5 Å². The van der Waals surface area contributed by atoms with Gasteiger partial charge in [-0.2, -0.15) is 0 Å². The van der Waals surface area contributed by atoms with Crippen molar-refractivity contribution in [2.45, 2.75) is 38.9 Å². The molecule has 1 aliphatic heterocycles. The molecule has 0 atom stereocenters. The zero-order chi connectivity index (χ0) is 28.4. The normalized spacial score (nSPS) is 13.5. The van der Waals surface area contributed by atoms with Crippen LogP contribution in [0, 0.1) is 11.7 Å². The van der Waals surface area contributed by atoms with E-state index in [1.54, 1.807) is 0 Å². The van der Waals surface area contributed by atoms with E-state index in [-0.39, 0.29) is 23.4 Å². The van der Waals surface area contributed by atoms with Crippen LogP contribution in [0.1, 0.15) is 46.3 Å². The van der Waals surface area contributed by atoms with Crippen molar-refractivity contribution >= 4 is 11.7 Å². The van der Waals surface area contributed by atoms with Gasteiger partial charge in [0.05, 0.1) is 0 Å². The number of hydrogen-bond donors (Lipinski definition) is 0. The summed E-state index contributed by atoms with van der Waals surface area (Å²) in [4.78, 5) is 27.8. The number of hydrogen-bond acceptors (Lipinski definition) is 4. The predicted octanol–water partition coefficient (Wildman–Crippen LogP) is 7.04. The van der Waals surface area contributed by atoms with Crippen molar-refractivity contribution in [3.63, 3.8) is 0 Å². The molecule has 41 heavy (non-hydrogen) atoms. The molecule has 0 saturated carbocycles. The van der Waals surface area contributed by atoms with Gasteiger partial charge in [0.15, 0.2) is 5.78 Å². The second-order valence-corrected chi connectivity index (χ2v) is 10.3. The molecule has 1 aliphatic rings. The minimum Gasteiger partial charge on any atom is -0.489 e. The Hall–Kier alpha value is -4.45. The van der Waals surface area contributed by atoms with Crippen LogP contribution in [-0.4, -0.2) is 29.7 Å². The maximum absolute atomic E-state index is 13.2.